The van der Waals surface area contributed by atoms with Crippen LogP contribution in [-0.4, -0.2) is 42.3 Å². The molecule has 0 bridgehead atoms. The third-order valence-electron chi connectivity index (χ3n) is 2.62. The van der Waals surface area contributed by atoms with Crippen molar-refractivity contribution >= 4 is 29.1 Å². The average molecular weight is 262 g/mol. The van der Waals surface area contributed by atoms with Crippen molar-refractivity contribution in [1.29, 1.82) is 0 Å². The molecule has 3 amide bonds. The molecule has 0 aromatic heterocycles. The van der Waals surface area contributed by atoms with Crippen LogP contribution in [0.15, 0.2) is 24.3 Å². The van der Waals surface area contributed by atoms with Gasteiger partial charge in [0.2, 0.25) is 17.7 Å². The molecule has 0 radical (unpaired) electrons. The van der Waals surface area contributed by atoms with Gasteiger partial charge in [-0.2, -0.15) is 0 Å². The van der Waals surface area contributed by atoms with Crippen LogP contribution in [0.25, 0.3) is 0 Å². The van der Waals surface area contributed by atoms with Crippen molar-refractivity contribution in [3.63, 3.8) is 0 Å². The predicted molar refractivity (Wildman–Crippen MR) is 69.1 cm³/mol. The summed E-state index contributed by atoms with van der Waals surface area (Å²) >= 11 is 0. The molecule has 4 N–H and O–H groups in total. The summed E-state index contributed by atoms with van der Waals surface area (Å²) in [5.41, 5.74) is 6.68. The number of hydrogen-bond donors (Lipinski definition) is 3. The molecule has 0 unspecified atom stereocenters. The Morgan fingerprint density at radius 2 is 1.89 bits per heavy atom. The Kier molecular flexibility index (Phi) is 3.76. The van der Waals surface area contributed by atoms with E-state index < -0.39 is 11.8 Å². The fourth-order valence-electron chi connectivity index (χ4n) is 1.81. The quantitative estimate of drug-likeness (QED) is 0.487. The number of rotatable bonds is 3. The molecular formula is C12H14N4O3. The molecule has 0 saturated carbocycles. The van der Waals surface area contributed by atoms with Gasteiger partial charge >= 0.3 is 0 Å². The maximum Gasteiger partial charge on any atom is 0.240 e. The maximum absolute atomic E-state index is 11.8. The number of hydrogen-bond acceptors (Lipinski definition) is 5. The van der Waals surface area contributed by atoms with Gasteiger partial charge in [-0.25, -0.2) is 0 Å². The standard InChI is InChI=1S/C12H14N4O3/c13-8-3-1-2-4-9(8)14-10(17)5-16-6-11(18)15-12(19)7-16/h1-4H,5-7,13H2,(H,14,17)(H,15,18,19). The summed E-state index contributed by atoms with van der Waals surface area (Å²) in [7, 11) is 0. The van der Waals surface area contributed by atoms with Crippen molar-refractivity contribution < 1.29 is 14.4 Å². The summed E-state index contributed by atoms with van der Waals surface area (Å²) in [5.74, 6) is -1.12. The van der Waals surface area contributed by atoms with Crippen molar-refractivity contribution in [2.75, 3.05) is 30.7 Å². The smallest absolute Gasteiger partial charge is 0.240 e. The minimum absolute atomic E-state index is 0.0312. The van der Waals surface area contributed by atoms with Gasteiger partial charge in [-0.05, 0) is 12.1 Å². The van der Waals surface area contributed by atoms with Crippen LogP contribution in [0, 0.1) is 0 Å². The highest BCUT2D eigenvalue weighted by Crippen LogP contribution is 2.16. The molecule has 1 aromatic rings. The third-order valence-corrected chi connectivity index (χ3v) is 2.62. The van der Waals surface area contributed by atoms with Crippen LogP contribution in [0.2, 0.25) is 0 Å². The summed E-state index contributed by atoms with van der Waals surface area (Å²) in [6.07, 6.45) is 0. The van der Waals surface area contributed by atoms with Gasteiger partial charge in [0.15, 0.2) is 0 Å². The number of benzene rings is 1. The van der Waals surface area contributed by atoms with E-state index in [2.05, 4.69) is 10.6 Å². The first kappa shape index (κ1) is 13.0. The Hall–Kier alpha value is -2.41. The second-order valence-electron chi connectivity index (χ2n) is 4.25. The van der Waals surface area contributed by atoms with Gasteiger partial charge in [-0.3, -0.25) is 24.6 Å². The molecule has 0 atom stereocenters. The number of piperazine rings is 1. The van der Waals surface area contributed by atoms with Gasteiger partial charge in [0.25, 0.3) is 0 Å². The zero-order valence-electron chi connectivity index (χ0n) is 10.2. The number of nitrogens with one attached hydrogen (secondary N) is 2. The molecular weight excluding hydrogens is 248 g/mol. The zero-order chi connectivity index (χ0) is 13.8. The van der Waals surface area contributed by atoms with Crippen molar-refractivity contribution in [3.05, 3.63) is 24.3 Å². The monoisotopic (exact) mass is 262 g/mol. The summed E-state index contributed by atoms with van der Waals surface area (Å²) in [4.78, 5) is 35.6. The second kappa shape index (κ2) is 5.49. The van der Waals surface area contributed by atoms with E-state index in [1.165, 1.54) is 4.90 Å². The van der Waals surface area contributed by atoms with E-state index in [-0.39, 0.29) is 25.5 Å². The third kappa shape index (κ3) is 3.52. The minimum Gasteiger partial charge on any atom is -0.397 e. The predicted octanol–water partition coefficient (Wildman–Crippen LogP) is -0.834. The van der Waals surface area contributed by atoms with Gasteiger partial charge in [-0.15, -0.1) is 0 Å². The first-order valence-corrected chi connectivity index (χ1v) is 5.74. The van der Waals surface area contributed by atoms with Crippen LogP contribution in [0.4, 0.5) is 11.4 Å². The van der Waals surface area contributed by atoms with Crippen LogP contribution in [0.1, 0.15) is 0 Å². The molecule has 1 saturated heterocycles. The lowest BCUT2D eigenvalue weighted by Gasteiger charge is -2.24. The number of nitrogens with zero attached hydrogens (tertiary/aromatic N) is 1. The van der Waals surface area contributed by atoms with Crippen molar-refractivity contribution in [3.8, 4) is 0 Å². The number of nitrogen functional groups attached to an aromatic ring is 1. The number of carbonyl (C=O) groups excluding carboxylic acids is 3. The molecule has 2 rings (SSSR count). The average Bonchev–Trinajstić information content (AvgIpc) is 2.30. The topological polar surface area (TPSA) is 105 Å². The largest absolute Gasteiger partial charge is 0.397 e. The number of imide groups is 1. The van der Waals surface area contributed by atoms with Gasteiger partial charge in [0.05, 0.1) is 31.0 Å². The normalized spacial score (nSPS) is 16.0. The minimum atomic E-state index is -0.400. The Morgan fingerprint density at radius 1 is 1.26 bits per heavy atom. The lowest BCUT2D eigenvalue weighted by Crippen LogP contribution is -2.53. The van der Waals surface area contributed by atoms with Gasteiger partial charge < -0.3 is 11.1 Å². The van der Waals surface area contributed by atoms with E-state index in [9.17, 15) is 14.4 Å². The molecule has 100 valence electrons. The fraction of sp³-hybridized carbons (Fsp3) is 0.250. The van der Waals surface area contributed by atoms with E-state index in [1.807, 2.05) is 0 Å². The maximum atomic E-state index is 11.8. The van der Waals surface area contributed by atoms with E-state index in [4.69, 9.17) is 5.73 Å². The van der Waals surface area contributed by atoms with Crippen LogP contribution in [0.5, 0.6) is 0 Å². The Labute approximate surface area is 109 Å². The van der Waals surface area contributed by atoms with Crippen molar-refractivity contribution in [2.45, 2.75) is 0 Å². The first-order valence-electron chi connectivity index (χ1n) is 5.74. The van der Waals surface area contributed by atoms with Gasteiger partial charge in [-0.1, -0.05) is 12.1 Å². The van der Waals surface area contributed by atoms with Crippen molar-refractivity contribution in [2.24, 2.45) is 0 Å². The Morgan fingerprint density at radius 3 is 2.53 bits per heavy atom. The molecule has 19 heavy (non-hydrogen) atoms. The van der Waals surface area contributed by atoms with Crippen LogP contribution < -0.4 is 16.4 Å². The molecule has 1 aromatic carbocycles. The number of carbonyl (C=O) groups is 3. The SMILES string of the molecule is Nc1ccccc1NC(=O)CN1CC(=O)NC(=O)C1. The molecule has 1 aliphatic heterocycles. The highest BCUT2D eigenvalue weighted by molar-refractivity contribution is 6.01. The van der Waals surface area contributed by atoms with Crippen molar-refractivity contribution in [1.82, 2.24) is 10.2 Å². The molecule has 7 nitrogen and oxygen atoms in total. The fourth-order valence-corrected chi connectivity index (χ4v) is 1.81. The van der Waals surface area contributed by atoms with Gasteiger partial charge in [0, 0.05) is 0 Å². The summed E-state index contributed by atoms with van der Waals surface area (Å²) < 4.78 is 0. The van der Waals surface area contributed by atoms with Gasteiger partial charge in [0.1, 0.15) is 0 Å². The Balaban J connectivity index is 1.93. The number of para-hydroxylation sites is 2. The van der Waals surface area contributed by atoms with E-state index in [0.29, 0.717) is 11.4 Å². The van der Waals surface area contributed by atoms with E-state index in [1.54, 1.807) is 24.3 Å². The molecule has 1 heterocycles. The molecule has 1 aliphatic rings. The Bertz CT molecular complexity index is 513. The van der Waals surface area contributed by atoms with E-state index >= 15 is 0 Å². The summed E-state index contributed by atoms with van der Waals surface area (Å²) in [6, 6.07) is 6.87. The molecule has 0 aliphatic carbocycles. The van der Waals surface area contributed by atoms with Crippen LogP contribution >= 0.6 is 0 Å². The van der Waals surface area contributed by atoms with E-state index in [0.717, 1.165) is 0 Å². The zero-order valence-corrected chi connectivity index (χ0v) is 10.2. The lowest BCUT2D eigenvalue weighted by molar-refractivity contribution is -0.136. The second-order valence-corrected chi connectivity index (χ2v) is 4.25. The summed E-state index contributed by atoms with van der Waals surface area (Å²) in [6.45, 7) is 0.0281. The van der Waals surface area contributed by atoms with Crippen LogP contribution in [-0.2, 0) is 14.4 Å². The number of nitrogens with two attached hydrogens (primary N) is 1. The summed E-state index contributed by atoms with van der Waals surface area (Å²) in [5, 5.41) is 4.81. The van der Waals surface area contributed by atoms with Crippen LogP contribution in [0.3, 0.4) is 0 Å². The first-order chi connectivity index (χ1) is 9.04. The highest BCUT2D eigenvalue weighted by atomic mass is 16.2. The number of anilines is 2. The molecule has 7 heteroatoms. The molecule has 0 spiro atoms. The number of amides is 3. The highest BCUT2D eigenvalue weighted by Gasteiger charge is 2.24. The molecule has 1 fully saturated rings. The lowest BCUT2D eigenvalue weighted by atomic mass is 10.2.